The molecule has 118 valence electrons. The van der Waals surface area contributed by atoms with E-state index in [9.17, 15) is 13.2 Å². The van der Waals surface area contributed by atoms with Gasteiger partial charge in [0.2, 0.25) is 15.9 Å². The van der Waals surface area contributed by atoms with Gasteiger partial charge in [-0.1, -0.05) is 12.1 Å². The van der Waals surface area contributed by atoms with Crippen LogP contribution in [0.2, 0.25) is 0 Å². The fraction of sp³-hybridized carbons (Fsp3) is 0.308. The Morgan fingerprint density at radius 2 is 2.00 bits per heavy atom. The van der Waals surface area contributed by atoms with Gasteiger partial charge in [0.25, 0.3) is 0 Å². The third-order valence-corrected chi connectivity index (χ3v) is 3.65. The molecule has 1 heterocycles. The molecule has 1 aromatic carbocycles. The highest BCUT2D eigenvalue weighted by atomic mass is 32.2. The first kappa shape index (κ1) is 16.1. The first-order valence-electron chi connectivity index (χ1n) is 6.54. The zero-order valence-corrected chi connectivity index (χ0v) is 13.0. The van der Waals surface area contributed by atoms with Gasteiger partial charge >= 0.3 is 0 Å². The Labute approximate surface area is 128 Å². The molecule has 22 heavy (non-hydrogen) atoms. The summed E-state index contributed by atoms with van der Waals surface area (Å²) in [5.41, 5.74) is 1.75. The molecule has 2 aromatic rings. The van der Waals surface area contributed by atoms with Crippen LogP contribution in [0.5, 0.6) is 0 Å². The van der Waals surface area contributed by atoms with Crippen LogP contribution in [0.3, 0.4) is 0 Å². The van der Waals surface area contributed by atoms with E-state index in [1.54, 1.807) is 11.0 Å². The van der Waals surface area contributed by atoms with Gasteiger partial charge in [-0.3, -0.25) is 4.79 Å². The van der Waals surface area contributed by atoms with Gasteiger partial charge in [0.05, 0.1) is 18.0 Å². The fourth-order valence-corrected chi connectivity index (χ4v) is 2.57. The molecule has 0 aliphatic carbocycles. The Balaban J connectivity index is 1.90. The van der Waals surface area contributed by atoms with E-state index in [4.69, 9.17) is 0 Å². The van der Waals surface area contributed by atoms with Crippen molar-refractivity contribution in [1.82, 2.24) is 24.8 Å². The van der Waals surface area contributed by atoms with E-state index in [1.807, 2.05) is 24.3 Å². The molecule has 2 rings (SSSR count). The summed E-state index contributed by atoms with van der Waals surface area (Å²) in [4.78, 5) is 15.7. The Morgan fingerprint density at radius 1 is 1.32 bits per heavy atom. The standard InChI is InChI=1S/C13H17N5O3S/c1-10(17-22(2,20)21)13(19)15-7-11-3-5-12(6-4-11)18-9-14-8-16-18/h3-6,8-10,17H,7H2,1-2H3,(H,15,19). The van der Waals surface area contributed by atoms with Crippen molar-refractivity contribution >= 4 is 15.9 Å². The second-order valence-electron chi connectivity index (χ2n) is 4.84. The largest absolute Gasteiger partial charge is 0.351 e. The number of benzene rings is 1. The Morgan fingerprint density at radius 3 is 2.55 bits per heavy atom. The first-order valence-corrected chi connectivity index (χ1v) is 8.43. The molecule has 0 radical (unpaired) electrons. The highest BCUT2D eigenvalue weighted by molar-refractivity contribution is 7.88. The van der Waals surface area contributed by atoms with Crippen LogP contribution >= 0.6 is 0 Å². The molecule has 0 fully saturated rings. The maximum absolute atomic E-state index is 11.8. The molecule has 9 heteroatoms. The number of nitrogens with one attached hydrogen (secondary N) is 2. The van der Waals surface area contributed by atoms with E-state index < -0.39 is 16.1 Å². The number of aromatic nitrogens is 3. The van der Waals surface area contributed by atoms with Crippen molar-refractivity contribution in [2.24, 2.45) is 0 Å². The van der Waals surface area contributed by atoms with Crippen LogP contribution in [0.15, 0.2) is 36.9 Å². The quantitative estimate of drug-likeness (QED) is 0.767. The summed E-state index contributed by atoms with van der Waals surface area (Å²) >= 11 is 0. The highest BCUT2D eigenvalue weighted by Crippen LogP contribution is 2.07. The molecule has 0 aliphatic rings. The number of nitrogens with zero attached hydrogens (tertiary/aromatic N) is 3. The molecule has 0 spiro atoms. The monoisotopic (exact) mass is 323 g/mol. The van der Waals surface area contributed by atoms with Gasteiger partial charge in [-0.2, -0.15) is 5.10 Å². The van der Waals surface area contributed by atoms with E-state index in [-0.39, 0.29) is 5.91 Å². The Kier molecular flexibility index (Phi) is 4.88. The summed E-state index contributed by atoms with van der Waals surface area (Å²) in [5.74, 6) is -0.384. The molecule has 0 saturated carbocycles. The minimum absolute atomic E-state index is 0.312. The van der Waals surface area contributed by atoms with E-state index >= 15 is 0 Å². The van der Waals surface area contributed by atoms with Crippen LogP contribution in [0.4, 0.5) is 0 Å². The predicted octanol–water partition coefficient (Wildman–Crippen LogP) is -0.179. The first-order chi connectivity index (χ1) is 10.3. The lowest BCUT2D eigenvalue weighted by Gasteiger charge is -2.12. The van der Waals surface area contributed by atoms with E-state index in [1.165, 1.54) is 13.3 Å². The summed E-state index contributed by atoms with van der Waals surface area (Å²) in [6.07, 6.45) is 4.05. The average Bonchev–Trinajstić information content (AvgIpc) is 2.97. The summed E-state index contributed by atoms with van der Waals surface area (Å²) in [7, 11) is -3.41. The van der Waals surface area contributed by atoms with Gasteiger partial charge in [-0.25, -0.2) is 22.8 Å². The van der Waals surface area contributed by atoms with Crippen molar-refractivity contribution < 1.29 is 13.2 Å². The smallest absolute Gasteiger partial charge is 0.238 e. The van der Waals surface area contributed by atoms with Gasteiger partial charge in [-0.15, -0.1) is 0 Å². The number of carbonyl (C=O) groups excluding carboxylic acids is 1. The zero-order valence-electron chi connectivity index (χ0n) is 12.2. The van der Waals surface area contributed by atoms with E-state index in [0.717, 1.165) is 17.5 Å². The summed E-state index contributed by atoms with van der Waals surface area (Å²) in [6, 6.07) is 6.60. The van der Waals surface area contributed by atoms with Gasteiger partial charge in [0.15, 0.2) is 0 Å². The van der Waals surface area contributed by atoms with Crippen LogP contribution in [0, 0.1) is 0 Å². The highest BCUT2D eigenvalue weighted by Gasteiger charge is 2.16. The van der Waals surface area contributed by atoms with Crippen molar-refractivity contribution in [3.05, 3.63) is 42.5 Å². The average molecular weight is 323 g/mol. The molecule has 0 bridgehead atoms. The lowest BCUT2D eigenvalue weighted by atomic mass is 10.2. The van der Waals surface area contributed by atoms with Gasteiger partial charge < -0.3 is 5.32 Å². The Hall–Kier alpha value is -2.26. The third-order valence-electron chi connectivity index (χ3n) is 2.87. The summed E-state index contributed by atoms with van der Waals surface area (Å²) in [5, 5.41) is 6.69. The van der Waals surface area contributed by atoms with Gasteiger partial charge in [0, 0.05) is 6.54 Å². The molecule has 1 atom stereocenters. The molecule has 1 aromatic heterocycles. The van der Waals surface area contributed by atoms with Crippen LogP contribution in [0.25, 0.3) is 5.69 Å². The lowest BCUT2D eigenvalue weighted by Crippen LogP contribution is -2.44. The molecule has 2 N–H and O–H groups in total. The van der Waals surface area contributed by atoms with Crippen LogP contribution < -0.4 is 10.0 Å². The summed E-state index contributed by atoms with van der Waals surface area (Å²) < 4.78 is 26.0. The van der Waals surface area contributed by atoms with Crippen molar-refractivity contribution in [2.75, 3.05) is 6.26 Å². The maximum atomic E-state index is 11.8. The Bertz CT molecular complexity index is 726. The normalized spacial score (nSPS) is 12.8. The molecular formula is C13H17N5O3S. The predicted molar refractivity (Wildman–Crippen MR) is 80.6 cm³/mol. The van der Waals surface area contributed by atoms with Crippen molar-refractivity contribution in [3.8, 4) is 5.69 Å². The van der Waals surface area contributed by atoms with Gasteiger partial charge in [-0.05, 0) is 24.6 Å². The molecule has 0 saturated heterocycles. The number of sulfonamides is 1. The number of hydrogen-bond acceptors (Lipinski definition) is 5. The number of hydrogen-bond donors (Lipinski definition) is 2. The molecule has 0 aliphatic heterocycles. The SMILES string of the molecule is CC(NS(C)(=O)=O)C(=O)NCc1ccc(-n2cncn2)cc1. The minimum atomic E-state index is -3.41. The van der Waals surface area contributed by atoms with Crippen LogP contribution in [-0.4, -0.2) is 41.4 Å². The zero-order chi connectivity index (χ0) is 16.2. The lowest BCUT2D eigenvalue weighted by molar-refractivity contribution is -0.122. The maximum Gasteiger partial charge on any atom is 0.238 e. The minimum Gasteiger partial charge on any atom is -0.351 e. The third kappa shape index (κ3) is 4.64. The number of rotatable bonds is 6. The van der Waals surface area contributed by atoms with Crippen molar-refractivity contribution in [2.45, 2.75) is 19.5 Å². The number of carbonyl (C=O) groups is 1. The topological polar surface area (TPSA) is 106 Å². The number of amides is 1. The van der Waals surface area contributed by atoms with Crippen molar-refractivity contribution in [1.29, 1.82) is 0 Å². The molecule has 1 unspecified atom stereocenters. The van der Waals surface area contributed by atoms with Crippen LogP contribution in [0.1, 0.15) is 12.5 Å². The molecule has 8 nitrogen and oxygen atoms in total. The molecular weight excluding hydrogens is 306 g/mol. The van der Waals surface area contributed by atoms with Crippen LogP contribution in [-0.2, 0) is 21.4 Å². The van der Waals surface area contributed by atoms with Crippen molar-refractivity contribution in [3.63, 3.8) is 0 Å². The fourth-order valence-electron chi connectivity index (χ4n) is 1.82. The second-order valence-corrected chi connectivity index (χ2v) is 6.62. The second kappa shape index (κ2) is 6.67. The summed E-state index contributed by atoms with van der Waals surface area (Å²) in [6.45, 7) is 1.80. The van der Waals surface area contributed by atoms with E-state index in [0.29, 0.717) is 6.54 Å². The van der Waals surface area contributed by atoms with Gasteiger partial charge in [0.1, 0.15) is 12.7 Å². The molecule has 1 amide bonds. The van der Waals surface area contributed by atoms with E-state index in [2.05, 4.69) is 20.1 Å².